The summed E-state index contributed by atoms with van der Waals surface area (Å²) in [4.78, 5) is 10.0. The Hall–Kier alpha value is -1.67. The maximum atomic E-state index is 5.80. The zero-order valence-corrected chi connectivity index (χ0v) is 18.1. The average Bonchev–Trinajstić information content (AvgIpc) is 3.40. The van der Waals surface area contributed by atoms with Crippen molar-refractivity contribution >= 4 is 5.96 Å². The Bertz CT molecular complexity index is 669. The molecule has 1 aliphatic carbocycles. The van der Waals surface area contributed by atoms with Crippen molar-refractivity contribution in [2.24, 2.45) is 12.0 Å². The first-order chi connectivity index (χ1) is 14.2. The summed E-state index contributed by atoms with van der Waals surface area (Å²) in [6, 6.07) is 0.799. The summed E-state index contributed by atoms with van der Waals surface area (Å²) < 4.78 is 7.82. The summed E-state index contributed by atoms with van der Waals surface area (Å²) in [7, 11) is 2.00. The van der Waals surface area contributed by atoms with Crippen LogP contribution in [0.25, 0.3) is 0 Å². The number of ether oxygens (including phenoxy) is 1. The molecule has 2 saturated heterocycles. The van der Waals surface area contributed by atoms with Gasteiger partial charge in [-0.15, -0.1) is 10.2 Å². The van der Waals surface area contributed by atoms with Gasteiger partial charge in [0, 0.05) is 52.4 Å². The van der Waals surface area contributed by atoms with E-state index in [1.54, 1.807) is 0 Å². The molecule has 0 aromatic carbocycles. The topological polar surface area (TPSA) is 70.8 Å². The molecule has 162 valence electrons. The Morgan fingerprint density at radius 3 is 2.52 bits per heavy atom. The Balaban J connectivity index is 1.37. The SMILES string of the molecule is Cc1nnc(CN=C(NCC2CCCO2)N2CCN(C3CCCCC3)CC2)n1C. The van der Waals surface area contributed by atoms with E-state index in [0.29, 0.717) is 12.6 Å². The minimum Gasteiger partial charge on any atom is -0.376 e. The van der Waals surface area contributed by atoms with E-state index in [9.17, 15) is 0 Å². The minimum absolute atomic E-state index is 0.306. The van der Waals surface area contributed by atoms with E-state index in [4.69, 9.17) is 9.73 Å². The summed E-state index contributed by atoms with van der Waals surface area (Å²) in [5.74, 6) is 2.81. The third-order valence-corrected chi connectivity index (χ3v) is 6.77. The van der Waals surface area contributed by atoms with E-state index in [1.807, 2.05) is 18.5 Å². The molecule has 2 aliphatic heterocycles. The Morgan fingerprint density at radius 1 is 1.07 bits per heavy atom. The van der Waals surface area contributed by atoms with Gasteiger partial charge in [-0.2, -0.15) is 0 Å². The molecule has 3 fully saturated rings. The lowest BCUT2D eigenvalue weighted by molar-refractivity contribution is 0.101. The molecule has 0 spiro atoms. The van der Waals surface area contributed by atoms with E-state index >= 15 is 0 Å². The number of nitrogens with one attached hydrogen (secondary N) is 1. The van der Waals surface area contributed by atoms with E-state index in [0.717, 1.165) is 75.8 Å². The minimum atomic E-state index is 0.306. The molecule has 0 amide bonds. The van der Waals surface area contributed by atoms with E-state index in [1.165, 1.54) is 32.1 Å². The van der Waals surface area contributed by atoms with Crippen molar-refractivity contribution in [2.75, 3.05) is 39.3 Å². The molecule has 0 radical (unpaired) electrons. The standard InChI is InChI=1S/C21H37N7O/c1-17-24-25-20(26(17)2)16-23-21(22-15-19-9-6-14-29-19)28-12-10-27(11-13-28)18-7-4-3-5-8-18/h18-19H,3-16H2,1-2H3,(H,22,23). The van der Waals surface area contributed by atoms with Crippen molar-refractivity contribution in [3.63, 3.8) is 0 Å². The summed E-state index contributed by atoms with van der Waals surface area (Å²) in [6.45, 7) is 8.58. The summed E-state index contributed by atoms with van der Waals surface area (Å²) in [5.41, 5.74) is 0. The van der Waals surface area contributed by atoms with Crippen LogP contribution < -0.4 is 5.32 Å². The second kappa shape index (κ2) is 9.89. The van der Waals surface area contributed by atoms with Gasteiger partial charge in [-0.25, -0.2) is 4.99 Å². The normalized spacial score (nSPS) is 25.0. The van der Waals surface area contributed by atoms with Gasteiger partial charge < -0.3 is 19.5 Å². The zero-order valence-electron chi connectivity index (χ0n) is 18.1. The van der Waals surface area contributed by atoms with Crippen molar-refractivity contribution in [3.05, 3.63) is 11.6 Å². The highest BCUT2D eigenvalue weighted by Gasteiger charge is 2.27. The van der Waals surface area contributed by atoms with Crippen LogP contribution in [0.4, 0.5) is 0 Å². The van der Waals surface area contributed by atoms with Gasteiger partial charge in [0.1, 0.15) is 12.4 Å². The fraction of sp³-hybridized carbons (Fsp3) is 0.857. The monoisotopic (exact) mass is 403 g/mol. The maximum Gasteiger partial charge on any atom is 0.194 e. The van der Waals surface area contributed by atoms with Gasteiger partial charge in [-0.05, 0) is 32.6 Å². The second-order valence-electron chi connectivity index (χ2n) is 8.69. The Labute approximate surface area is 174 Å². The molecule has 3 aliphatic rings. The lowest BCUT2D eigenvalue weighted by Gasteiger charge is -2.41. The van der Waals surface area contributed by atoms with Crippen LogP contribution >= 0.6 is 0 Å². The highest BCUT2D eigenvalue weighted by Crippen LogP contribution is 2.23. The van der Waals surface area contributed by atoms with Gasteiger partial charge in [-0.3, -0.25) is 4.90 Å². The number of guanidine groups is 1. The number of aromatic nitrogens is 3. The van der Waals surface area contributed by atoms with Gasteiger partial charge >= 0.3 is 0 Å². The molecule has 0 bridgehead atoms. The molecule has 29 heavy (non-hydrogen) atoms. The molecule has 4 rings (SSSR count). The number of hydrogen-bond acceptors (Lipinski definition) is 5. The summed E-state index contributed by atoms with van der Waals surface area (Å²) in [6.07, 6.45) is 9.58. The molecule has 1 atom stereocenters. The predicted molar refractivity (Wildman–Crippen MR) is 114 cm³/mol. The fourth-order valence-corrected chi connectivity index (χ4v) is 4.76. The largest absolute Gasteiger partial charge is 0.376 e. The van der Waals surface area contributed by atoms with Crippen molar-refractivity contribution in [1.29, 1.82) is 0 Å². The third kappa shape index (κ3) is 5.28. The maximum absolute atomic E-state index is 5.80. The number of rotatable bonds is 5. The van der Waals surface area contributed by atoms with Crippen molar-refractivity contribution in [2.45, 2.75) is 70.6 Å². The van der Waals surface area contributed by atoms with Crippen LogP contribution in [0.3, 0.4) is 0 Å². The van der Waals surface area contributed by atoms with Crippen LogP contribution in [0.1, 0.15) is 56.6 Å². The third-order valence-electron chi connectivity index (χ3n) is 6.77. The van der Waals surface area contributed by atoms with Crippen molar-refractivity contribution < 1.29 is 4.74 Å². The second-order valence-corrected chi connectivity index (χ2v) is 8.69. The van der Waals surface area contributed by atoms with Crippen LogP contribution in [0.15, 0.2) is 4.99 Å². The van der Waals surface area contributed by atoms with Crippen LogP contribution in [0, 0.1) is 6.92 Å². The smallest absolute Gasteiger partial charge is 0.194 e. The van der Waals surface area contributed by atoms with Crippen molar-refractivity contribution in [1.82, 2.24) is 29.9 Å². The van der Waals surface area contributed by atoms with E-state index < -0.39 is 0 Å². The number of hydrogen-bond donors (Lipinski definition) is 1. The molecule has 1 aromatic rings. The predicted octanol–water partition coefficient (Wildman–Crippen LogP) is 1.70. The first-order valence-corrected chi connectivity index (χ1v) is 11.4. The Kier molecular flexibility index (Phi) is 7.02. The zero-order chi connectivity index (χ0) is 20.1. The molecule has 8 nitrogen and oxygen atoms in total. The van der Waals surface area contributed by atoms with E-state index in [2.05, 4.69) is 25.3 Å². The van der Waals surface area contributed by atoms with Crippen LogP contribution in [-0.4, -0.2) is 82.0 Å². The average molecular weight is 404 g/mol. The van der Waals surface area contributed by atoms with Gasteiger partial charge in [-0.1, -0.05) is 19.3 Å². The van der Waals surface area contributed by atoms with Crippen LogP contribution in [0.2, 0.25) is 0 Å². The molecule has 3 heterocycles. The number of aryl methyl sites for hydroxylation is 1. The Morgan fingerprint density at radius 2 is 1.86 bits per heavy atom. The first kappa shape index (κ1) is 20.6. The van der Waals surface area contributed by atoms with Crippen LogP contribution in [-0.2, 0) is 18.3 Å². The molecule has 1 N–H and O–H groups in total. The molecular weight excluding hydrogens is 366 g/mol. The fourth-order valence-electron chi connectivity index (χ4n) is 4.76. The quantitative estimate of drug-likeness (QED) is 0.596. The first-order valence-electron chi connectivity index (χ1n) is 11.4. The van der Waals surface area contributed by atoms with Gasteiger partial charge in [0.15, 0.2) is 11.8 Å². The number of aliphatic imine (C=N–C) groups is 1. The molecule has 1 unspecified atom stereocenters. The van der Waals surface area contributed by atoms with Gasteiger partial charge in [0.2, 0.25) is 0 Å². The van der Waals surface area contributed by atoms with Crippen LogP contribution in [0.5, 0.6) is 0 Å². The number of nitrogens with zero attached hydrogens (tertiary/aromatic N) is 6. The lowest BCUT2D eigenvalue weighted by Crippen LogP contribution is -2.55. The van der Waals surface area contributed by atoms with Gasteiger partial charge in [0.25, 0.3) is 0 Å². The molecular formula is C21H37N7O. The molecule has 8 heteroatoms. The summed E-state index contributed by atoms with van der Waals surface area (Å²) >= 11 is 0. The highest BCUT2D eigenvalue weighted by molar-refractivity contribution is 5.80. The summed E-state index contributed by atoms with van der Waals surface area (Å²) in [5, 5.41) is 12.0. The van der Waals surface area contributed by atoms with Crippen molar-refractivity contribution in [3.8, 4) is 0 Å². The molecule has 1 saturated carbocycles. The number of piperazine rings is 1. The van der Waals surface area contributed by atoms with Gasteiger partial charge in [0.05, 0.1) is 6.10 Å². The highest BCUT2D eigenvalue weighted by atomic mass is 16.5. The molecule has 1 aromatic heterocycles. The lowest BCUT2D eigenvalue weighted by atomic mass is 9.94. The van der Waals surface area contributed by atoms with E-state index in [-0.39, 0.29) is 0 Å².